The summed E-state index contributed by atoms with van der Waals surface area (Å²) in [4.78, 5) is 28.9. The molecule has 5 heteroatoms. The van der Waals surface area contributed by atoms with Gasteiger partial charge in [0.05, 0.1) is 0 Å². The van der Waals surface area contributed by atoms with Crippen molar-refractivity contribution in [3.63, 3.8) is 0 Å². The number of carbonyl (C=O) groups excluding carboxylic acids is 1. The van der Waals surface area contributed by atoms with Crippen LogP contribution in [0, 0.1) is 6.92 Å². The molecule has 1 aromatic carbocycles. The summed E-state index contributed by atoms with van der Waals surface area (Å²) in [5.74, 6) is 0.179. The van der Waals surface area contributed by atoms with E-state index in [-0.39, 0.29) is 5.56 Å². The van der Waals surface area contributed by atoms with Crippen LogP contribution in [0.25, 0.3) is 0 Å². The molecule has 1 N–H and O–H groups in total. The van der Waals surface area contributed by atoms with E-state index in [9.17, 15) is 9.59 Å². The van der Waals surface area contributed by atoms with Crippen LogP contribution in [-0.2, 0) is 19.3 Å². The summed E-state index contributed by atoms with van der Waals surface area (Å²) in [5.41, 5.74) is 2.17. The molecule has 3 aromatic rings. The zero-order valence-electron chi connectivity index (χ0n) is 15.3. The first kappa shape index (κ1) is 18.6. The van der Waals surface area contributed by atoms with Crippen LogP contribution in [0.2, 0.25) is 0 Å². The highest BCUT2D eigenvalue weighted by molar-refractivity contribution is 5.95. The lowest BCUT2D eigenvalue weighted by Gasteiger charge is -2.08. The number of hydrogen-bond donors (Lipinski definition) is 1. The zero-order chi connectivity index (χ0) is 19.1. The maximum absolute atomic E-state index is 12.4. The van der Waals surface area contributed by atoms with E-state index in [2.05, 4.69) is 10.3 Å². The number of hydrogen-bond acceptors (Lipinski definition) is 4. The molecule has 0 saturated carbocycles. The van der Waals surface area contributed by atoms with Crippen molar-refractivity contribution in [1.29, 1.82) is 0 Å². The Hall–Kier alpha value is -3.21. The number of aromatic nitrogens is 1. The first-order valence-corrected chi connectivity index (χ1v) is 8.99. The monoisotopic (exact) mass is 362 g/mol. The summed E-state index contributed by atoms with van der Waals surface area (Å²) in [7, 11) is 0. The third-order valence-electron chi connectivity index (χ3n) is 4.32. The number of rotatable bonds is 7. The van der Waals surface area contributed by atoms with Gasteiger partial charge < -0.3 is 9.73 Å². The van der Waals surface area contributed by atoms with Crippen molar-refractivity contribution in [2.24, 2.45) is 0 Å². The van der Waals surface area contributed by atoms with E-state index in [1.54, 1.807) is 19.2 Å². The molecule has 0 fully saturated rings. The Bertz CT molecular complexity index is 950. The van der Waals surface area contributed by atoms with Crippen molar-refractivity contribution in [3.8, 4) is 0 Å². The minimum atomic E-state index is -0.589. The number of pyridine rings is 1. The Morgan fingerprint density at radius 3 is 2.52 bits per heavy atom. The minimum Gasteiger partial charge on any atom is -0.427 e. The third kappa shape index (κ3) is 5.14. The van der Waals surface area contributed by atoms with Gasteiger partial charge in [-0.15, -0.1) is 0 Å². The van der Waals surface area contributed by atoms with E-state index >= 15 is 0 Å². The van der Waals surface area contributed by atoms with E-state index in [1.165, 1.54) is 5.56 Å². The van der Waals surface area contributed by atoms with E-state index < -0.39 is 11.5 Å². The lowest BCUT2D eigenvalue weighted by molar-refractivity contribution is 0.0949. The number of nitrogens with zero attached hydrogens (tertiary/aromatic N) is 1. The standard InChI is InChI=1S/C22H22N2O3/c1-16-15-19(11-10-17-7-3-2-4-8-17)27-22(26)20(16)21(25)24-14-12-18-9-5-6-13-23-18/h2-9,13,15H,10-12,14H2,1H3,(H,24,25). The Labute approximate surface area is 158 Å². The quantitative estimate of drug-likeness (QED) is 0.701. The first-order chi connectivity index (χ1) is 13.1. The lowest BCUT2D eigenvalue weighted by atomic mass is 10.1. The molecule has 5 nitrogen and oxygen atoms in total. The average molecular weight is 362 g/mol. The predicted molar refractivity (Wildman–Crippen MR) is 104 cm³/mol. The molecular formula is C22H22N2O3. The van der Waals surface area contributed by atoms with Crippen molar-refractivity contribution >= 4 is 5.91 Å². The molecule has 0 spiro atoms. The second-order valence-corrected chi connectivity index (χ2v) is 6.37. The second kappa shape index (κ2) is 8.94. The molecule has 27 heavy (non-hydrogen) atoms. The molecule has 3 rings (SSSR count). The van der Waals surface area contributed by atoms with Crippen LogP contribution in [0.1, 0.15) is 32.9 Å². The molecule has 138 valence electrons. The van der Waals surface area contributed by atoms with E-state index in [1.807, 2.05) is 48.5 Å². The Morgan fingerprint density at radius 2 is 1.81 bits per heavy atom. The molecule has 1 amide bonds. The lowest BCUT2D eigenvalue weighted by Crippen LogP contribution is -2.31. The molecule has 2 aromatic heterocycles. The van der Waals surface area contributed by atoms with Crippen molar-refractivity contribution in [3.05, 3.63) is 99.4 Å². The molecular weight excluding hydrogens is 340 g/mol. The van der Waals surface area contributed by atoms with Gasteiger partial charge in [-0.3, -0.25) is 9.78 Å². The van der Waals surface area contributed by atoms with Gasteiger partial charge in [0.15, 0.2) is 0 Å². The summed E-state index contributed by atoms with van der Waals surface area (Å²) in [5, 5.41) is 2.77. The molecule has 0 atom stereocenters. The van der Waals surface area contributed by atoms with Crippen LogP contribution in [0.4, 0.5) is 0 Å². The predicted octanol–water partition coefficient (Wildman–Crippen LogP) is 3.10. The number of aryl methyl sites for hydroxylation is 3. The van der Waals surface area contributed by atoms with Gasteiger partial charge >= 0.3 is 5.63 Å². The van der Waals surface area contributed by atoms with Gasteiger partial charge in [0.2, 0.25) is 0 Å². The smallest absolute Gasteiger partial charge is 0.349 e. The van der Waals surface area contributed by atoms with Crippen LogP contribution in [0.5, 0.6) is 0 Å². The van der Waals surface area contributed by atoms with Gasteiger partial charge in [-0.2, -0.15) is 0 Å². The van der Waals surface area contributed by atoms with Gasteiger partial charge in [0, 0.05) is 31.3 Å². The number of amides is 1. The Morgan fingerprint density at radius 1 is 1.04 bits per heavy atom. The van der Waals surface area contributed by atoms with Crippen LogP contribution in [0.3, 0.4) is 0 Å². The molecule has 0 radical (unpaired) electrons. The zero-order valence-corrected chi connectivity index (χ0v) is 15.3. The van der Waals surface area contributed by atoms with Gasteiger partial charge in [0.25, 0.3) is 5.91 Å². The maximum Gasteiger partial charge on any atom is 0.349 e. The number of benzene rings is 1. The molecule has 0 aliphatic rings. The summed E-state index contributed by atoms with van der Waals surface area (Å²) in [6, 6.07) is 17.4. The minimum absolute atomic E-state index is 0.0690. The number of nitrogens with one attached hydrogen (secondary N) is 1. The van der Waals surface area contributed by atoms with Gasteiger partial charge in [-0.1, -0.05) is 36.4 Å². The first-order valence-electron chi connectivity index (χ1n) is 8.99. The van der Waals surface area contributed by atoms with E-state index in [4.69, 9.17) is 4.42 Å². The summed E-state index contributed by atoms with van der Waals surface area (Å²) >= 11 is 0. The van der Waals surface area contributed by atoms with Crippen LogP contribution < -0.4 is 10.9 Å². The molecule has 2 heterocycles. The van der Waals surface area contributed by atoms with Crippen molar-refractivity contribution < 1.29 is 9.21 Å². The SMILES string of the molecule is Cc1cc(CCc2ccccc2)oc(=O)c1C(=O)NCCc1ccccn1. The summed E-state index contributed by atoms with van der Waals surface area (Å²) in [6.45, 7) is 2.17. The molecule has 0 aliphatic heterocycles. The summed E-state index contributed by atoms with van der Waals surface area (Å²) < 4.78 is 5.37. The molecule has 0 saturated heterocycles. The molecule has 0 bridgehead atoms. The highest BCUT2D eigenvalue weighted by atomic mass is 16.4. The maximum atomic E-state index is 12.4. The fourth-order valence-electron chi connectivity index (χ4n) is 2.92. The van der Waals surface area contributed by atoms with E-state index in [0.29, 0.717) is 30.7 Å². The van der Waals surface area contributed by atoms with Gasteiger partial charge in [-0.05, 0) is 42.7 Å². The molecule has 0 aliphatic carbocycles. The Kier molecular flexibility index (Phi) is 6.15. The fraction of sp³-hybridized carbons (Fsp3) is 0.227. The van der Waals surface area contributed by atoms with Gasteiger partial charge in [-0.25, -0.2) is 4.79 Å². The van der Waals surface area contributed by atoms with Crippen LogP contribution >= 0.6 is 0 Å². The highest BCUT2D eigenvalue weighted by Gasteiger charge is 2.16. The fourth-order valence-corrected chi connectivity index (χ4v) is 2.92. The largest absolute Gasteiger partial charge is 0.427 e. The second-order valence-electron chi connectivity index (χ2n) is 6.37. The topological polar surface area (TPSA) is 72.2 Å². The summed E-state index contributed by atoms with van der Waals surface area (Å²) in [6.07, 6.45) is 3.71. The average Bonchev–Trinajstić information content (AvgIpc) is 2.67. The van der Waals surface area contributed by atoms with Crippen molar-refractivity contribution in [1.82, 2.24) is 10.3 Å². The molecule has 0 unspecified atom stereocenters. The highest BCUT2D eigenvalue weighted by Crippen LogP contribution is 2.10. The third-order valence-corrected chi connectivity index (χ3v) is 4.32. The van der Waals surface area contributed by atoms with Crippen molar-refractivity contribution in [2.45, 2.75) is 26.2 Å². The van der Waals surface area contributed by atoms with E-state index in [0.717, 1.165) is 12.1 Å². The van der Waals surface area contributed by atoms with Crippen LogP contribution in [0.15, 0.2) is 70.0 Å². The van der Waals surface area contributed by atoms with Crippen LogP contribution in [-0.4, -0.2) is 17.4 Å². The van der Waals surface area contributed by atoms with Gasteiger partial charge in [0.1, 0.15) is 11.3 Å². The normalized spacial score (nSPS) is 10.6. The Balaban J connectivity index is 1.61. The number of carbonyl (C=O) groups is 1. The van der Waals surface area contributed by atoms with Crippen molar-refractivity contribution in [2.75, 3.05) is 6.54 Å².